The number of carboxylic acids is 1. The normalized spacial score (nSPS) is 22.9. The predicted molar refractivity (Wildman–Crippen MR) is 89.6 cm³/mol. The molecule has 0 bridgehead atoms. The van der Waals surface area contributed by atoms with Crippen LogP contribution < -0.4 is 5.32 Å². The standard InChI is InChI=1S/C15H16N2O5S2/c1-22-6-8-7-24-14-11(13(19)17(14)12(8)15(20)21)16-10(18)5-9-3-2-4-23-9/h2-4,11,14H,5-7H2,1H3,(H,16,18)(H,20,21)/t11?,14-/m1/s1. The summed E-state index contributed by atoms with van der Waals surface area (Å²) in [5, 5.41) is 13.6. The van der Waals surface area contributed by atoms with Crippen molar-refractivity contribution >= 4 is 40.9 Å². The molecule has 128 valence electrons. The molecule has 2 N–H and O–H groups in total. The maximum atomic E-state index is 12.4. The highest BCUT2D eigenvalue weighted by molar-refractivity contribution is 8.00. The van der Waals surface area contributed by atoms with Crippen LogP contribution >= 0.6 is 23.1 Å². The smallest absolute Gasteiger partial charge is 0.352 e. The number of nitrogens with zero attached hydrogens (tertiary/aromatic N) is 1. The van der Waals surface area contributed by atoms with Crippen LogP contribution in [0.15, 0.2) is 28.8 Å². The van der Waals surface area contributed by atoms with Crippen molar-refractivity contribution in [1.29, 1.82) is 0 Å². The van der Waals surface area contributed by atoms with E-state index >= 15 is 0 Å². The van der Waals surface area contributed by atoms with Crippen LogP contribution in [0.4, 0.5) is 0 Å². The van der Waals surface area contributed by atoms with E-state index in [0.717, 1.165) is 4.88 Å². The monoisotopic (exact) mass is 368 g/mol. The van der Waals surface area contributed by atoms with Gasteiger partial charge in [0.05, 0.1) is 13.0 Å². The molecule has 1 aromatic heterocycles. The molecule has 2 aliphatic heterocycles. The number of aliphatic carboxylic acids is 1. The molecule has 2 atom stereocenters. The Morgan fingerprint density at radius 3 is 2.92 bits per heavy atom. The first-order chi connectivity index (χ1) is 11.5. The number of carboxylic acid groups (broad SMARTS) is 1. The molecule has 3 heterocycles. The SMILES string of the molecule is COCC1=C(C(=O)O)N2C(=O)C(NC(=O)Cc3cccs3)[C@H]2SC1. The van der Waals surface area contributed by atoms with E-state index in [1.54, 1.807) is 0 Å². The van der Waals surface area contributed by atoms with Gasteiger partial charge < -0.3 is 15.2 Å². The van der Waals surface area contributed by atoms with Gasteiger partial charge in [-0.1, -0.05) is 6.07 Å². The lowest BCUT2D eigenvalue weighted by atomic mass is 10.0. The number of fused-ring (bicyclic) bond motifs is 1. The molecule has 1 fully saturated rings. The third-order valence-electron chi connectivity index (χ3n) is 3.80. The van der Waals surface area contributed by atoms with E-state index in [9.17, 15) is 19.5 Å². The number of thioether (sulfide) groups is 1. The number of β-lactam (4-membered cyclic amide) rings is 1. The number of carbonyl (C=O) groups is 3. The summed E-state index contributed by atoms with van der Waals surface area (Å²) in [4.78, 5) is 38.1. The van der Waals surface area contributed by atoms with Gasteiger partial charge in [0.25, 0.3) is 5.91 Å². The zero-order valence-electron chi connectivity index (χ0n) is 12.9. The number of hydrogen-bond acceptors (Lipinski definition) is 6. The molecule has 2 aliphatic rings. The van der Waals surface area contributed by atoms with Gasteiger partial charge in [-0.2, -0.15) is 0 Å². The minimum Gasteiger partial charge on any atom is -0.477 e. The molecular weight excluding hydrogens is 352 g/mol. The van der Waals surface area contributed by atoms with Crippen LogP contribution in [0.5, 0.6) is 0 Å². The lowest BCUT2D eigenvalue weighted by molar-refractivity contribution is -0.150. The first kappa shape index (κ1) is 17.0. The Bertz CT molecular complexity index is 701. The molecule has 24 heavy (non-hydrogen) atoms. The van der Waals surface area contributed by atoms with Crippen molar-refractivity contribution in [3.05, 3.63) is 33.7 Å². The van der Waals surface area contributed by atoms with Gasteiger partial charge in [0, 0.05) is 17.7 Å². The number of amides is 2. The zero-order chi connectivity index (χ0) is 17.3. The average Bonchev–Trinajstić information content (AvgIpc) is 3.05. The van der Waals surface area contributed by atoms with E-state index in [2.05, 4.69) is 5.32 Å². The van der Waals surface area contributed by atoms with E-state index in [1.165, 1.54) is 35.1 Å². The maximum Gasteiger partial charge on any atom is 0.352 e. The molecule has 1 unspecified atom stereocenters. The van der Waals surface area contributed by atoms with Crippen molar-refractivity contribution < 1.29 is 24.2 Å². The largest absolute Gasteiger partial charge is 0.477 e. The first-order valence-corrected chi connectivity index (χ1v) is 9.16. The van der Waals surface area contributed by atoms with E-state index in [-0.39, 0.29) is 30.0 Å². The third-order valence-corrected chi connectivity index (χ3v) is 6.02. The fourth-order valence-electron chi connectivity index (χ4n) is 2.76. The zero-order valence-corrected chi connectivity index (χ0v) is 14.5. The molecule has 1 saturated heterocycles. The second kappa shape index (κ2) is 6.96. The van der Waals surface area contributed by atoms with Gasteiger partial charge in [0.2, 0.25) is 5.91 Å². The van der Waals surface area contributed by atoms with E-state index in [4.69, 9.17) is 4.74 Å². The Kier molecular flexibility index (Phi) is 4.93. The van der Waals surface area contributed by atoms with Crippen LogP contribution in [0, 0.1) is 0 Å². The van der Waals surface area contributed by atoms with Crippen molar-refractivity contribution in [3.63, 3.8) is 0 Å². The Labute approximate surface area is 146 Å². The summed E-state index contributed by atoms with van der Waals surface area (Å²) in [5.74, 6) is -1.32. The number of carbonyl (C=O) groups excluding carboxylic acids is 2. The second-order valence-electron chi connectivity index (χ2n) is 5.40. The fourth-order valence-corrected chi connectivity index (χ4v) is 4.80. The van der Waals surface area contributed by atoms with E-state index < -0.39 is 17.9 Å². The van der Waals surface area contributed by atoms with E-state index in [0.29, 0.717) is 11.3 Å². The number of rotatable bonds is 6. The lowest BCUT2D eigenvalue weighted by Crippen LogP contribution is -2.70. The predicted octanol–water partition coefficient (Wildman–Crippen LogP) is 0.676. The Morgan fingerprint density at radius 1 is 1.50 bits per heavy atom. The third kappa shape index (κ3) is 3.06. The molecule has 0 aromatic carbocycles. The molecule has 0 saturated carbocycles. The van der Waals surface area contributed by atoms with Gasteiger partial charge in [0.1, 0.15) is 17.1 Å². The van der Waals surface area contributed by atoms with Crippen LogP contribution in [0.25, 0.3) is 0 Å². The number of ether oxygens (including phenoxy) is 1. The molecule has 1 aromatic rings. The number of hydrogen-bond donors (Lipinski definition) is 2. The first-order valence-electron chi connectivity index (χ1n) is 7.23. The molecule has 0 radical (unpaired) electrons. The Morgan fingerprint density at radius 2 is 2.29 bits per heavy atom. The summed E-state index contributed by atoms with van der Waals surface area (Å²) in [6.07, 6.45) is 0.218. The van der Waals surface area contributed by atoms with Crippen LogP contribution in [0.2, 0.25) is 0 Å². The summed E-state index contributed by atoms with van der Waals surface area (Å²) in [6, 6.07) is 3.04. The topological polar surface area (TPSA) is 95.9 Å². The van der Waals surface area contributed by atoms with Crippen molar-refractivity contribution in [3.8, 4) is 0 Å². The molecule has 3 rings (SSSR count). The van der Waals surface area contributed by atoms with Crippen LogP contribution in [-0.4, -0.2) is 58.7 Å². The summed E-state index contributed by atoms with van der Waals surface area (Å²) in [7, 11) is 1.48. The van der Waals surface area contributed by atoms with Crippen molar-refractivity contribution in [2.24, 2.45) is 0 Å². The van der Waals surface area contributed by atoms with E-state index in [1.807, 2.05) is 17.5 Å². The Balaban J connectivity index is 1.70. The number of methoxy groups -OCH3 is 1. The number of thiophene rings is 1. The summed E-state index contributed by atoms with van der Waals surface area (Å²) in [5.41, 5.74) is 0.553. The van der Waals surface area contributed by atoms with Gasteiger partial charge in [0.15, 0.2) is 0 Å². The molecule has 7 nitrogen and oxygen atoms in total. The highest BCUT2D eigenvalue weighted by Gasteiger charge is 2.54. The fraction of sp³-hybridized carbons (Fsp3) is 0.400. The van der Waals surface area contributed by atoms with Crippen LogP contribution in [0.3, 0.4) is 0 Å². The molecule has 2 amide bonds. The minimum absolute atomic E-state index is 0.0191. The van der Waals surface area contributed by atoms with Crippen LogP contribution in [0.1, 0.15) is 4.88 Å². The summed E-state index contributed by atoms with van der Waals surface area (Å²) in [6.45, 7) is 0.167. The quantitative estimate of drug-likeness (QED) is 0.717. The van der Waals surface area contributed by atoms with Gasteiger partial charge in [-0.3, -0.25) is 14.5 Å². The highest BCUT2D eigenvalue weighted by atomic mass is 32.2. The molecule has 9 heteroatoms. The summed E-state index contributed by atoms with van der Waals surface area (Å²) < 4.78 is 5.01. The second-order valence-corrected chi connectivity index (χ2v) is 7.54. The summed E-state index contributed by atoms with van der Waals surface area (Å²) >= 11 is 2.91. The highest BCUT2D eigenvalue weighted by Crippen LogP contribution is 2.40. The van der Waals surface area contributed by atoms with Gasteiger partial charge >= 0.3 is 5.97 Å². The molecule has 0 spiro atoms. The maximum absolute atomic E-state index is 12.4. The van der Waals surface area contributed by atoms with Crippen molar-refractivity contribution in [1.82, 2.24) is 10.2 Å². The molecular formula is C15H16N2O5S2. The number of nitrogens with one attached hydrogen (secondary N) is 1. The minimum atomic E-state index is -1.15. The van der Waals surface area contributed by atoms with Crippen LogP contribution in [-0.2, 0) is 25.5 Å². The lowest BCUT2D eigenvalue weighted by Gasteiger charge is -2.49. The Hall–Kier alpha value is -1.84. The molecule has 0 aliphatic carbocycles. The van der Waals surface area contributed by atoms with Gasteiger partial charge in [-0.15, -0.1) is 23.1 Å². The van der Waals surface area contributed by atoms with Gasteiger partial charge in [-0.25, -0.2) is 4.79 Å². The van der Waals surface area contributed by atoms with Crippen molar-refractivity contribution in [2.45, 2.75) is 17.8 Å². The van der Waals surface area contributed by atoms with Crippen molar-refractivity contribution in [2.75, 3.05) is 19.5 Å². The van der Waals surface area contributed by atoms with Gasteiger partial charge in [-0.05, 0) is 17.0 Å². The average molecular weight is 368 g/mol.